The van der Waals surface area contributed by atoms with Gasteiger partial charge < -0.3 is 10.1 Å². The fourth-order valence-corrected chi connectivity index (χ4v) is 2.18. The van der Waals surface area contributed by atoms with Crippen LogP contribution in [0.5, 0.6) is 0 Å². The summed E-state index contributed by atoms with van der Waals surface area (Å²) < 4.78 is 5.05. The zero-order valence-corrected chi connectivity index (χ0v) is 9.93. The lowest BCUT2D eigenvalue weighted by molar-refractivity contribution is 0.183. The molecule has 0 aliphatic rings. The van der Waals surface area contributed by atoms with E-state index in [9.17, 15) is 0 Å². The minimum atomic E-state index is 0.438. The molecule has 0 saturated heterocycles. The molecule has 0 spiro atoms. The lowest BCUT2D eigenvalue weighted by Gasteiger charge is -2.18. The number of thiophene rings is 1. The number of methoxy groups -OCH3 is 1. The molecule has 3 heteroatoms. The Morgan fingerprint density at radius 3 is 2.86 bits per heavy atom. The summed E-state index contributed by atoms with van der Waals surface area (Å²) in [5.41, 5.74) is 1.37. The first-order chi connectivity index (χ1) is 6.74. The Bertz CT molecular complexity index is 235. The summed E-state index contributed by atoms with van der Waals surface area (Å²) in [7, 11) is 1.75. The highest BCUT2D eigenvalue weighted by Gasteiger charge is 2.08. The molecule has 0 amide bonds. The van der Waals surface area contributed by atoms with Gasteiger partial charge in [0.15, 0.2) is 0 Å². The molecular formula is C11H19NOS. The van der Waals surface area contributed by atoms with Gasteiger partial charge in [-0.2, -0.15) is 11.3 Å². The fraction of sp³-hybridized carbons (Fsp3) is 0.636. The van der Waals surface area contributed by atoms with Crippen LogP contribution in [0.3, 0.4) is 0 Å². The average molecular weight is 213 g/mol. The Balaban J connectivity index is 2.29. The minimum Gasteiger partial charge on any atom is -0.385 e. The molecule has 0 aliphatic heterocycles. The Hall–Kier alpha value is -0.380. The lowest BCUT2D eigenvalue weighted by atomic mass is 10.1. The molecule has 80 valence electrons. The van der Waals surface area contributed by atoms with Crippen molar-refractivity contribution in [3.05, 3.63) is 22.4 Å². The van der Waals surface area contributed by atoms with Crippen molar-refractivity contribution in [3.63, 3.8) is 0 Å². The summed E-state index contributed by atoms with van der Waals surface area (Å²) >= 11 is 1.75. The molecule has 14 heavy (non-hydrogen) atoms. The number of ether oxygens (including phenoxy) is 1. The van der Waals surface area contributed by atoms with Crippen LogP contribution >= 0.6 is 11.3 Å². The first-order valence-electron chi connectivity index (χ1n) is 5.01. The van der Waals surface area contributed by atoms with Gasteiger partial charge in [0.05, 0.1) is 0 Å². The van der Waals surface area contributed by atoms with E-state index in [1.165, 1.54) is 5.56 Å². The van der Waals surface area contributed by atoms with Gasteiger partial charge in [0.25, 0.3) is 0 Å². The Morgan fingerprint density at radius 1 is 1.50 bits per heavy atom. The second-order valence-corrected chi connectivity index (χ2v) is 4.41. The Kier molecular flexibility index (Phi) is 5.15. The van der Waals surface area contributed by atoms with E-state index in [1.807, 2.05) is 0 Å². The van der Waals surface area contributed by atoms with Gasteiger partial charge in [-0.25, -0.2) is 0 Å². The number of nitrogens with one attached hydrogen (secondary N) is 1. The Morgan fingerprint density at radius 2 is 2.29 bits per heavy atom. The van der Waals surface area contributed by atoms with E-state index in [1.54, 1.807) is 18.4 Å². The highest BCUT2D eigenvalue weighted by molar-refractivity contribution is 7.07. The molecular weight excluding hydrogens is 194 g/mol. The predicted molar refractivity (Wildman–Crippen MR) is 61.8 cm³/mol. The third-order valence-corrected chi connectivity index (χ3v) is 3.03. The zero-order chi connectivity index (χ0) is 10.4. The summed E-state index contributed by atoms with van der Waals surface area (Å²) in [5, 5.41) is 7.86. The van der Waals surface area contributed by atoms with Crippen molar-refractivity contribution in [2.75, 3.05) is 13.7 Å². The van der Waals surface area contributed by atoms with Crippen molar-refractivity contribution < 1.29 is 4.74 Å². The van der Waals surface area contributed by atoms with Crippen LogP contribution in [0.15, 0.2) is 16.8 Å². The van der Waals surface area contributed by atoms with Gasteiger partial charge in [0, 0.05) is 25.8 Å². The number of hydrogen-bond acceptors (Lipinski definition) is 3. The number of hydrogen-bond donors (Lipinski definition) is 1. The molecule has 2 nitrogen and oxygen atoms in total. The van der Waals surface area contributed by atoms with Gasteiger partial charge in [0.2, 0.25) is 0 Å². The van der Waals surface area contributed by atoms with Gasteiger partial charge in [-0.3, -0.25) is 0 Å². The molecule has 1 rings (SSSR count). The third kappa shape index (κ3) is 3.78. The SMILES string of the molecule is COCCC(C)NC(C)c1ccsc1. The monoisotopic (exact) mass is 213 g/mol. The van der Waals surface area contributed by atoms with Crippen LogP contribution in [0.1, 0.15) is 31.9 Å². The van der Waals surface area contributed by atoms with E-state index in [0.717, 1.165) is 13.0 Å². The van der Waals surface area contributed by atoms with Crippen molar-refractivity contribution in [3.8, 4) is 0 Å². The maximum absolute atomic E-state index is 5.05. The summed E-state index contributed by atoms with van der Waals surface area (Å²) in [6.07, 6.45) is 1.06. The standard InChI is InChI=1S/C11H19NOS/c1-9(4-6-13-3)12-10(2)11-5-7-14-8-11/h5,7-10,12H,4,6H2,1-3H3. The van der Waals surface area contributed by atoms with E-state index < -0.39 is 0 Å². The molecule has 0 aromatic carbocycles. The molecule has 1 heterocycles. The summed E-state index contributed by atoms with van der Waals surface area (Å²) in [5.74, 6) is 0. The molecule has 0 bridgehead atoms. The van der Waals surface area contributed by atoms with Crippen LogP contribution in [0.4, 0.5) is 0 Å². The first kappa shape index (κ1) is 11.7. The highest BCUT2D eigenvalue weighted by atomic mass is 32.1. The highest BCUT2D eigenvalue weighted by Crippen LogP contribution is 2.16. The molecule has 1 N–H and O–H groups in total. The van der Waals surface area contributed by atoms with E-state index >= 15 is 0 Å². The average Bonchev–Trinajstić information content (AvgIpc) is 2.67. The van der Waals surface area contributed by atoms with Gasteiger partial charge in [-0.05, 0) is 42.7 Å². The second-order valence-electron chi connectivity index (χ2n) is 3.63. The maximum Gasteiger partial charge on any atom is 0.0476 e. The zero-order valence-electron chi connectivity index (χ0n) is 9.12. The predicted octanol–water partition coefficient (Wildman–Crippen LogP) is 2.82. The summed E-state index contributed by atoms with van der Waals surface area (Å²) in [6.45, 7) is 5.22. The molecule has 2 unspecified atom stereocenters. The molecule has 0 aliphatic carbocycles. The smallest absolute Gasteiger partial charge is 0.0476 e. The van der Waals surface area contributed by atoms with Crippen molar-refractivity contribution in [1.82, 2.24) is 5.32 Å². The van der Waals surface area contributed by atoms with Crippen molar-refractivity contribution in [1.29, 1.82) is 0 Å². The van der Waals surface area contributed by atoms with Gasteiger partial charge in [-0.15, -0.1) is 0 Å². The largest absolute Gasteiger partial charge is 0.385 e. The lowest BCUT2D eigenvalue weighted by Crippen LogP contribution is -2.29. The third-order valence-electron chi connectivity index (χ3n) is 2.33. The number of rotatable bonds is 6. The van der Waals surface area contributed by atoms with E-state index in [2.05, 4.69) is 36.0 Å². The van der Waals surface area contributed by atoms with Crippen LogP contribution in [0, 0.1) is 0 Å². The quantitative estimate of drug-likeness (QED) is 0.784. The normalized spacial score (nSPS) is 15.4. The summed E-state index contributed by atoms with van der Waals surface area (Å²) in [4.78, 5) is 0. The van der Waals surface area contributed by atoms with E-state index in [4.69, 9.17) is 4.74 Å². The van der Waals surface area contributed by atoms with Crippen molar-refractivity contribution in [2.24, 2.45) is 0 Å². The maximum atomic E-state index is 5.05. The fourth-order valence-electron chi connectivity index (χ4n) is 1.42. The van der Waals surface area contributed by atoms with Crippen LogP contribution in [-0.4, -0.2) is 19.8 Å². The van der Waals surface area contributed by atoms with Gasteiger partial charge >= 0.3 is 0 Å². The van der Waals surface area contributed by atoms with Crippen LogP contribution in [0.2, 0.25) is 0 Å². The van der Waals surface area contributed by atoms with Crippen molar-refractivity contribution in [2.45, 2.75) is 32.4 Å². The van der Waals surface area contributed by atoms with Crippen LogP contribution in [0.25, 0.3) is 0 Å². The second kappa shape index (κ2) is 6.17. The van der Waals surface area contributed by atoms with E-state index in [-0.39, 0.29) is 0 Å². The van der Waals surface area contributed by atoms with E-state index in [0.29, 0.717) is 12.1 Å². The first-order valence-corrected chi connectivity index (χ1v) is 5.95. The van der Waals surface area contributed by atoms with Crippen LogP contribution < -0.4 is 5.32 Å². The topological polar surface area (TPSA) is 21.3 Å². The summed E-state index contributed by atoms with van der Waals surface area (Å²) in [6, 6.07) is 3.11. The molecule has 0 saturated carbocycles. The molecule has 1 aromatic heterocycles. The van der Waals surface area contributed by atoms with Gasteiger partial charge in [-0.1, -0.05) is 0 Å². The molecule has 0 fully saturated rings. The van der Waals surface area contributed by atoms with Gasteiger partial charge in [0.1, 0.15) is 0 Å². The van der Waals surface area contributed by atoms with Crippen molar-refractivity contribution >= 4 is 11.3 Å². The minimum absolute atomic E-state index is 0.438. The van der Waals surface area contributed by atoms with Crippen LogP contribution in [-0.2, 0) is 4.74 Å². The Labute approximate surface area is 90.3 Å². The molecule has 1 aromatic rings. The molecule has 0 radical (unpaired) electrons. The molecule has 2 atom stereocenters.